The second kappa shape index (κ2) is 4.88. The number of amides is 2. The zero-order chi connectivity index (χ0) is 13.3. The molecule has 0 N–H and O–H groups in total. The molecule has 0 aromatic heterocycles. The largest absolute Gasteiger partial charge is 0.382 e. The van der Waals surface area contributed by atoms with Gasteiger partial charge in [-0.2, -0.15) is 0 Å². The molecule has 0 saturated carbocycles. The molecule has 1 atom stereocenters. The molecule has 2 rings (SSSR count). The lowest BCUT2D eigenvalue weighted by molar-refractivity contribution is -0.164. The van der Waals surface area contributed by atoms with E-state index >= 15 is 0 Å². The Kier molecular flexibility index (Phi) is 3.61. The Labute approximate surface area is 108 Å². The number of fused-ring (bicyclic) bond motifs is 1. The van der Waals surface area contributed by atoms with Crippen LogP contribution in [0, 0.1) is 0 Å². The van der Waals surface area contributed by atoms with Crippen molar-refractivity contribution in [2.75, 3.05) is 26.8 Å². The van der Waals surface area contributed by atoms with Crippen LogP contribution in [0.15, 0.2) is 0 Å². The molecule has 102 valence electrons. The second-order valence-electron chi connectivity index (χ2n) is 5.77. The van der Waals surface area contributed by atoms with Gasteiger partial charge in [0.25, 0.3) is 0 Å². The quantitative estimate of drug-likeness (QED) is 0.742. The summed E-state index contributed by atoms with van der Waals surface area (Å²) in [7, 11) is 1.62. The SMILES string of the molecule is COCC(C)(C)N1CC(=O)N2CCCCC2C1=O. The van der Waals surface area contributed by atoms with E-state index in [1.54, 1.807) is 16.9 Å². The van der Waals surface area contributed by atoms with Crippen molar-refractivity contribution in [1.29, 1.82) is 0 Å². The highest BCUT2D eigenvalue weighted by Gasteiger charge is 2.45. The minimum atomic E-state index is -0.426. The van der Waals surface area contributed by atoms with Crippen molar-refractivity contribution in [3.05, 3.63) is 0 Å². The topological polar surface area (TPSA) is 49.9 Å². The second-order valence-corrected chi connectivity index (χ2v) is 5.77. The molecule has 0 radical (unpaired) electrons. The Balaban J connectivity index is 2.19. The maximum absolute atomic E-state index is 12.5. The first-order chi connectivity index (χ1) is 8.47. The number of carbonyl (C=O) groups excluding carboxylic acids is 2. The van der Waals surface area contributed by atoms with E-state index in [2.05, 4.69) is 0 Å². The van der Waals surface area contributed by atoms with E-state index in [0.717, 1.165) is 25.8 Å². The summed E-state index contributed by atoms with van der Waals surface area (Å²) in [6.45, 7) is 5.25. The molecule has 0 bridgehead atoms. The number of hydrogen-bond acceptors (Lipinski definition) is 3. The van der Waals surface area contributed by atoms with Gasteiger partial charge in [0.2, 0.25) is 11.8 Å². The Bertz CT molecular complexity index is 354. The lowest BCUT2D eigenvalue weighted by Gasteiger charge is -2.48. The van der Waals surface area contributed by atoms with Gasteiger partial charge in [0.05, 0.1) is 12.1 Å². The zero-order valence-corrected chi connectivity index (χ0v) is 11.4. The molecule has 2 fully saturated rings. The number of piperazine rings is 1. The Morgan fingerprint density at radius 1 is 1.33 bits per heavy atom. The predicted octanol–water partition coefficient (Wildman–Crippen LogP) is 0.635. The highest BCUT2D eigenvalue weighted by Crippen LogP contribution is 2.27. The van der Waals surface area contributed by atoms with E-state index in [1.807, 2.05) is 13.8 Å². The molecular weight excluding hydrogens is 232 g/mol. The van der Waals surface area contributed by atoms with Gasteiger partial charge >= 0.3 is 0 Å². The fourth-order valence-electron chi connectivity index (χ4n) is 2.91. The van der Waals surface area contributed by atoms with Crippen LogP contribution in [-0.2, 0) is 14.3 Å². The highest BCUT2D eigenvalue weighted by atomic mass is 16.5. The molecule has 0 aromatic rings. The van der Waals surface area contributed by atoms with Crippen LogP contribution < -0.4 is 0 Å². The third-order valence-electron chi connectivity index (χ3n) is 3.90. The van der Waals surface area contributed by atoms with Crippen LogP contribution in [0.4, 0.5) is 0 Å². The van der Waals surface area contributed by atoms with Crippen molar-refractivity contribution in [2.24, 2.45) is 0 Å². The molecule has 1 unspecified atom stereocenters. The Morgan fingerprint density at radius 2 is 2.06 bits per heavy atom. The zero-order valence-electron chi connectivity index (χ0n) is 11.4. The van der Waals surface area contributed by atoms with Crippen molar-refractivity contribution in [3.8, 4) is 0 Å². The summed E-state index contributed by atoms with van der Waals surface area (Å²) in [5.41, 5.74) is -0.426. The fraction of sp³-hybridized carbons (Fsp3) is 0.846. The van der Waals surface area contributed by atoms with Crippen molar-refractivity contribution < 1.29 is 14.3 Å². The van der Waals surface area contributed by atoms with E-state index < -0.39 is 5.54 Å². The molecule has 0 aromatic carbocycles. The van der Waals surface area contributed by atoms with Crippen LogP contribution in [0.1, 0.15) is 33.1 Å². The van der Waals surface area contributed by atoms with Crippen molar-refractivity contribution in [1.82, 2.24) is 9.80 Å². The normalized spacial score (nSPS) is 25.4. The van der Waals surface area contributed by atoms with Gasteiger partial charge in [0.15, 0.2) is 0 Å². The van der Waals surface area contributed by atoms with Gasteiger partial charge in [0.1, 0.15) is 12.6 Å². The van der Waals surface area contributed by atoms with Crippen molar-refractivity contribution in [3.63, 3.8) is 0 Å². The van der Waals surface area contributed by atoms with Gasteiger partial charge < -0.3 is 14.5 Å². The molecule has 2 amide bonds. The molecule has 5 nitrogen and oxygen atoms in total. The molecule has 2 aliphatic heterocycles. The summed E-state index contributed by atoms with van der Waals surface area (Å²) >= 11 is 0. The standard InChI is InChI=1S/C13H22N2O3/c1-13(2,9-18-3)15-8-11(16)14-7-5-4-6-10(14)12(15)17/h10H,4-9H2,1-3H3. The predicted molar refractivity (Wildman–Crippen MR) is 67.0 cm³/mol. The number of carbonyl (C=O) groups is 2. The van der Waals surface area contributed by atoms with Crippen LogP contribution in [0.3, 0.4) is 0 Å². The Morgan fingerprint density at radius 3 is 2.72 bits per heavy atom. The average molecular weight is 254 g/mol. The summed E-state index contributed by atoms with van der Waals surface area (Å²) in [5, 5.41) is 0. The van der Waals surface area contributed by atoms with E-state index in [4.69, 9.17) is 4.74 Å². The van der Waals surface area contributed by atoms with Crippen molar-refractivity contribution in [2.45, 2.75) is 44.7 Å². The van der Waals surface area contributed by atoms with Crippen LogP contribution >= 0.6 is 0 Å². The van der Waals surface area contributed by atoms with Gasteiger partial charge in [-0.3, -0.25) is 9.59 Å². The molecule has 2 heterocycles. The number of rotatable bonds is 3. The summed E-state index contributed by atoms with van der Waals surface area (Å²) in [5.74, 6) is 0.153. The number of hydrogen-bond donors (Lipinski definition) is 0. The van der Waals surface area contributed by atoms with Crippen LogP contribution in [0.2, 0.25) is 0 Å². The van der Waals surface area contributed by atoms with E-state index in [9.17, 15) is 9.59 Å². The van der Waals surface area contributed by atoms with Crippen LogP contribution in [0.25, 0.3) is 0 Å². The van der Waals surface area contributed by atoms with Gasteiger partial charge in [-0.1, -0.05) is 0 Å². The number of nitrogens with zero attached hydrogens (tertiary/aromatic N) is 2. The molecule has 0 spiro atoms. The Hall–Kier alpha value is -1.10. The lowest BCUT2D eigenvalue weighted by atomic mass is 9.94. The first-order valence-corrected chi connectivity index (χ1v) is 6.57. The summed E-state index contributed by atoms with van der Waals surface area (Å²) in [4.78, 5) is 28.1. The number of ether oxygens (including phenoxy) is 1. The van der Waals surface area contributed by atoms with E-state index in [0.29, 0.717) is 6.61 Å². The maximum atomic E-state index is 12.5. The van der Waals surface area contributed by atoms with Crippen LogP contribution in [0.5, 0.6) is 0 Å². The monoisotopic (exact) mass is 254 g/mol. The minimum Gasteiger partial charge on any atom is -0.382 e. The van der Waals surface area contributed by atoms with Gasteiger partial charge in [-0.25, -0.2) is 0 Å². The molecule has 18 heavy (non-hydrogen) atoms. The molecule has 2 aliphatic rings. The third kappa shape index (κ3) is 2.23. The third-order valence-corrected chi connectivity index (χ3v) is 3.90. The lowest BCUT2D eigenvalue weighted by Crippen LogP contribution is -2.66. The molecule has 2 saturated heterocycles. The van der Waals surface area contributed by atoms with Gasteiger partial charge in [-0.05, 0) is 33.1 Å². The molecule has 5 heteroatoms. The van der Waals surface area contributed by atoms with E-state index in [1.165, 1.54) is 0 Å². The first-order valence-electron chi connectivity index (χ1n) is 6.57. The number of methoxy groups -OCH3 is 1. The van der Waals surface area contributed by atoms with Gasteiger partial charge in [0, 0.05) is 13.7 Å². The molecule has 0 aliphatic carbocycles. The maximum Gasteiger partial charge on any atom is 0.246 e. The summed E-state index contributed by atoms with van der Waals surface area (Å²) in [6.07, 6.45) is 2.83. The fourth-order valence-corrected chi connectivity index (χ4v) is 2.91. The molecular formula is C13H22N2O3. The minimum absolute atomic E-state index is 0.0727. The first kappa shape index (κ1) is 13.3. The number of piperidine rings is 1. The summed E-state index contributed by atoms with van der Waals surface area (Å²) in [6, 6.07) is -0.240. The van der Waals surface area contributed by atoms with Gasteiger partial charge in [-0.15, -0.1) is 0 Å². The van der Waals surface area contributed by atoms with Crippen LogP contribution in [-0.4, -0.2) is 60.0 Å². The smallest absolute Gasteiger partial charge is 0.246 e. The van der Waals surface area contributed by atoms with Crippen molar-refractivity contribution >= 4 is 11.8 Å². The van der Waals surface area contributed by atoms with E-state index in [-0.39, 0.29) is 24.4 Å². The summed E-state index contributed by atoms with van der Waals surface area (Å²) < 4.78 is 5.16. The average Bonchev–Trinajstić information content (AvgIpc) is 2.33. The highest BCUT2D eigenvalue weighted by molar-refractivity contribution is 5.95.